The Balaban J connectivity index is 2.20. The molecule has 2 rings (SSSR count). The van der Waals surface area contributed by atoms with Gasteiger partial charge in [-0.2, -0.15) is 0 Å². The third-order valence-corrected chi connectivity index (χ3v) is 2.53. The Hall–Kier alpha value is -2.17. The van der Waals surface area contributed by atoms with E-state index in [0.29, 0.717) is 18.9 Å². The second kappa shape index (κ2) is 4.78. The predicted octanol–water partition coefficient (Wildman–Crippen LogP) is 1.39. The standard InChI is InChI=1S/C12H15N5/c1-17(7-6-11(13)14)12-15-8-9-4-2-3-5-10(9)16-12/h2-5,8H,6-7H2,1H3,(H3,13,14). The van der Waals surface area contributed by atoms with E-state index in [2.05, 4.69) is 9.97 Å². The second-order valence-electron chi connectivity index (χ2n) is 3.93. The zero-order chi connectivity index (χ0) is 12.3. The summed E-state index contributed by atoms with van der Waals surface area (Å²) in [6.07, 6.45) is 2.33. The molecule has 5 nitrogen and oxygen atoms in total. The first kappa shape index (κ1) is 11.3. The molecule has 0 atom stereocenters. The van der Waals surface area contributed by atoms with Gasteiger partial charge >= 0.3 is 0 Å². The number of nitrogens with one attached hydrogen (secondary N) is 1. The van der Waals surface area contributed by atoms with Crippen LogP contribution in [0.3, 0.4) is 0 Å². The highest BCUT2D eigenvalue weighted by atomic mass is 15.2. The van der Waals surface area contributed by atoms with Crippen LogP contribution in [-0.4, -0.2) is 29.4 Å². The van der Waals surface area contributed by atoms with Crippen molar-refractivity contribution in [1.82, 2.24) is 9.97 Å². The number of para-hydroxylation sites is 1. The van der Waals surface area contributed by atoms with Crippen molar-refractivity contribution in [3.05, 3.63) is 30.5 Å². The van der Waals surface area contributed by atoms with Crippen molar-refractivity contribution >= 4 is 22.7 Å². The van der Waals surface area contributed by atoms with Gasteiger partial charge in [-0.15, -0.1) is 0 Å². The number of benzene rings is 1. The molecule has 0 spiro atoms. The molecule has 0 aliphatic carbocycles. The van der Waals surface area contributed by atoms with Crippen LogP contribution in [-0.2, 0) is 0 Å². The lowest BCUT2D eigenvalue weighted by Gasteiger charge is -2.16. The fraction of sp³-hybridized carbons (Fsp3) is 0.250. The first-order valence-corrected chi connectivity index (χ1v) is 5.42. The maximum atomic E-state index is 7.19. The number of rotatable bonds is 4. The van der Waals surface area contributed by atoms with Crippen molar-refractivity contribution in [2.45, 2.75) is 6.42 Å². The van der Waals surface area contributed by atoms with Gasteiger partial charge in [0.1, 0.15) is 0 Å². The minimum atomic E-state index is 0.178. The molecule has 3 N–H and O–H groups in total. The molecule has 0 fully saturated rings. The van der Waals surface area contributed by atoms with Gasteiger partial charge in [0.2, 0.25) is 5.95 Å². The Labute approximate surface area is 99.8 Å². The summed E-state index contributed by atoms with van der Waals surface area (Å²) in [6.45, 7) is 0.647. The van der Waals surface area contributed by atoms with Gasteiger partial charge in [0.05, 0.1) is 11.4 Å². The summed E-state index contributed by atoms with van der Waals surface area (Å²) in [5.41, 5.74) is 6.25. The lowest BCUT2D eigenvalue weighted by molar-refractivity contribution is 0.869. The Morgan fingerprint density at radius 2 is 2.18 bits per heavy atom. The molecule has 0 radical (unpaired) electrons. The summed E-state index contributed by atoms with van der Waals surface area (Å²) in [4.78, 5) is 10.6. The number of anilines is 1. The molecule has 17 heavy (non-hydrogen) atoms. The zero-order valence-electron chi connectivity index (χ0n) is 9.72. The van der Waals surface area contributed by atoms with E-state index < -0.39 is 0 Å². The summed E-state index contributed by atoms with van der Waals surface area (Å²) in [5.74, 6) is 0.836. The maximum absolute atomic E-state index is 7.19. The van der Waals surface area contributed by atoms with Crippen molar-refractivity contribution in [1.29, 1.82) is 5.41 Å². The highest BCUT2D eigenvalue weighted by Gasteiger charge is 2.05. The molecule has 5 heteroatoms. The van der Waals surface area contributed by atoms with Gasteiger partial charge in [0.15, 0.2) is 0 Å². The quantitative estimate of drug-likeness (QED) is 0.613. The van der Waals surface area contributed by atoms with Gasteiger partial charge in [0.25, 0.3) is 0 Å². The van der Waals surface area contributed by atoms with E-state index in [9.17, 15) is 0 Å². The van der Waals surface area contributed by atoms with Crippen LogP contribution in [0.2, 0.25) is 0 Å². The Morgan fingerprint density at radius 1 is 1.41 bits per heavy atom. The average molecular weight is 229 g/mol. The van der Waals surface area contributed by atoms with Crippen LogP contribution in [0.5, 0.6) is 0 Å². The monoisotopic (exact) mass is 229 g/mol. The summed E-state index contributed by atoms with van der Waals surface area (Å²) in [5, 5.41) is 8.22. The molecular formula is C12H15N5. The highest BCUT2D eigenvalue weighted by molar-refractivity contribution is 5.79. The fourth-order valence-corrected chi connectivity index (χ4v) is 1.53. The van der Waals surface area contributed by atoms with E-state index in [1.54, 1.807) is 0 Å². The fourth-order valence-electron chi connectivity index (χ4n) is 1.53. The van der Waals surface area contributed by atoms with Gasteiger partial charge < -0.3 is 10.6 Å². The molecule has 0 amide bonds. The van der Waals surface area contributed by atoms with Gasteiger partial charge in [-0.25, -0.2) is 9.97 Å². The van der Waals surface area contributed by atoms with Crippen molar-refractivity contribution in [2.24, 2.45) is 5.73 Å². The van der Waals surface area contributed by atoms with Crippen molar-refractivity contribution in [3.63, 3.8) is 0 Å². The molecule has 1 aromatic heterocycles. The van der Waals surface area contributed by atoms with E-state index in [1.165, 1.54) is 0 Å². The van der Waals surface area contributed by atoms with E-state index in [1.807, 2.05) is 42.4 Å². The third kappa shape index (κ3) is 2.69. The Morgan fingerprint density at radius 3 is 2.94 bits per heavy atom. The van der Waals surface area contributed by atoms with Crippen LogP contribution in [0.1, 0.15) is 6.42 Å². The van der Waals surface area contributed by atoms with Crippen molar-refractivity contribution < 1.29 is 0 Å². The first-order valence-electron chi connectivity index (χ1n) is 5.42. The minimum Gasteiger partial charge on any atom is -0.388 e. The predicted molar refractivity (Wildman–Crippen MR) is 69.3 cm³/mol. The number of aromatic nitrogens is 2. The van der Waals surface area contributed by atoms with Crippen LogP contribution >= 0.6 is 0 Å². The minimum absolute atomic E-state index is 0.178. The highest BCUT2D eigenvalue weighted by Crippen LogP contribution is 2.13. The number of fused-ring (bicyclic) bond motifs is 1. The van der Waals surface area contributed by atoms with Gasteiger partial charge in [-0.05, 0) is 6.07 Å². The average Bonchev–Trinajstić information content (AvgIpc) is 2.35. The molecule has 2 aromatic rings. The third-order valence-electron chi connectivity index (χ3n) is 2.53. The number of nitrogens with zero attached hydrogens (tertiary/aromatic N) is 3. The van der Waals surface area contributed by atoms with Crippen LogP contribution in [0.25, 0.3) is 10.9 Å². The van der Waals surface area contributed by atoms with Crippen LogP contribution < -0.4 is 10.6 Å². The van der Waals surface area contributed by atoms with Gasteiger partial charge in [-0.3, -0.25) is 5.41 Å². The molecule has 0 aliphatic rings. The Kier molecular flexibility index (Phi) is 3.18. The largest absolute Gasteiger partial charge is 0.388 e. The lowest BCUT2D eigenvalue weighted by atomic mass is 10.2. The SMILES string of the molecule is CN(CCC(=N)N)c1ncc2ccccc2n1. The maximum Gasteiger partial charge on any atom is 0.225 e. The van der Waals surface area contributed by atoms with E-state index in [-0.39, 0.29) is 5.84 Å². The molecular weight excluding hydrogens is 214 g/mol. The van der Waals surface area contributed by atoms with Crippen LogP contribution in [0, 0.1) is 5.41 Å². The molecule has 1 heterocycles. The topological polar surface area (TPSA) is 78.9 Å². The number of amidine groups is 1. The molecule has 88 valence electrons. The summed E-state index contributed by atoms with van der Waals surface area (Å²) in [7, 11) is 1.90. The van der Waals surface area contributed by atoms with Crippen molar-refractivity contribution in [3.8, 4) is 0 Å². The van der Waals surface area contributed by atoms with Crippen LogP contribution in [0.4, 0.5) is 5.95 Å². The van der Waals surface area contributed by atoms with E-state index in [0.717, 1.165) is 10.9 Å². The van der Waals surface area contributed by atoms with Gasteiger partial charge in [-0.1, -0.05) is 18.2 Å². The Bertz CT molecular complexity index is 537. The van der Waals surface area contributed by atoms with Crippen molar-refractivity contribution in [2.75, 3.05) is 18.5 Å². The number of hydrogen-bond acceptors (Lipinski definition) is 4. The molecule has 0 saturated heterocycles. The van der Waals surface area contributed by atoms with Gasteiger partial charge in [0, 0.05) is 31.6 Å². The normalized spacial score (nSPS) is 10.4. The first-order chi connectivity index (χ1) is 8.16. The van der Waals surface area contributed by atoms with Crippen LogP contribution in [0.15, 0.2) is 30.5 Å². The van der Waals surface area contributed by atoms with E-state index in [4.69, 9.17) is 11.1 Å². The lowest BCUT2D eigenvalue weighted by Crippen LogP contribution is -2.25. The second-order valence-corrected chi connectivity index (χ2v) is 3.93. The number of hydrogen-bond donors (Lipinski definition) is 2. The zero-order valence-corrected chi connectivity index (χ0v) is 9.72. The molecule has 0 bridgehead atoms. The molecule has 1 aromatic carbocycles. The summed E-state index contributed by atoms with van der Waals surface area (Å²) in [6, 6.07) is 7.85. The molecule has 0 saturated carbocycles. The smallest absolute Gasteiger partial charge is 0.225 e. The summed E-state index contributed by atoms with van der Waals surface area (Å²) >= 11 is 0. The van der Waals surface area contributed by atoms with E-state index >= 15 is 0 Å². The summed E-state index contributed by atoms with van der Waals surface area (Å²) < 4.78 is 0. The molecule has 0 unspecified atom stereocenters. The molecule has 0 aliphatic heterocycles. The number of nitrogens with two attached hydrogens (primary N) is 1.